The van der Waals surface area contributed by atoms with Crippen molar-refractivity contribution in [3.63, 3.8) is 0 Å². The van der Waals surface area contributed by atoms with Crippen LogP contribution in [-0.2, 0) is 19.1 Å². The first-order valence-corrected chi connectivity index (χ1v) is 11.2. The predicted molar refractivity (Wildman–Crippen MR) is 126 cm³/mol. The van der Waals surface area contributed by atoms with Crippen LogP contribution in [0.15, 0.2) is 70.9 Å². The second-order valence-corrected chi connectivity index (χ2v) is 8.22. The molecule has 1 aliphatic heterocycles. The van der Waals surface area contributed by atoms with Crippen LogP contribution in [0.4, 0.5) is 4.39 Å². The molecule has 0 aromatic heterocycles. The van der Waals surface area contributed by atoms with Crippen molar-refractivity contribution in [1.29, 1.82) is 0 Å². The Balaban J connectivity index is 2.08. The minimum Gasteiger partial charge on any atom is -0.468 e. The van der Waals surface area contributed by atoms with Crippen molar-refractivity contribution in [2.45, 2.75) is 38.8 Å². The highest BCUT2D eigenvalue weighted by molar-refractivity contribution is 6.30. The quantitative estimate of drug-likeness (QED) is 0.443. The number of halogens is 2. The summed E-state index contributed by atoms with van der Waals surface area (Å²) in [5, 5.41) is 0.467. The van der Waals surface area contributed by atoms with Gasteiger partial charge in [0.2, 0.25) is 0 Å². The minimum atomic E-state index is -1.22. The van der Waals surface area contributed by atoms with E-state index in [1.54, 1.807) is 62.4 Å². The molecule has 2 aromatic carbocycles. The Morgan fingerprint density at radius 1 is 1.15 bits per heavy atom. The molecule has 33 heavy (non-hydrogen) atoms. The monoisotopic (exact) mass is 471 g/mol. The molecule has 5 nitrogen and oxygen atoms in total. The summed E-state index contributed by atoms with van der Waals surface area (Å²) >= 11 is 6.23. The number of nitrogens with zero attached hydrogens (tertiary/aromatic N) is 1. The SMILES string of the molecule is CCOC(=O)C1=C(CCC(F)c2ccccc2)N=C(C)C(C(=O)OC)C1c1cccc(Cl)c1. The molecule has 1 heterocycles. The molecule has 0 fully saturated rings. The molecule has 0 radical (unpaired) electrons. The van der Waals surface area contributed by atoms with E-state index in [-0.39, 0.29) is 25.0 Å². The van der Waals surface area contributed by atoms with Crippen molar-refractivity contribution in [1.82, 2.24) is 0 Å². The van der Waals surface area contributed by atoms with Crippen LogP contribution in [0.25, 0.3) is 0 Å². The highest BCUT2D eigenvalue weighted by atomic mass is 35.5. The van der Waals surface area contributed by atoms with Crippen LogP contribution in [0.2, 0.25) is 5.02 Å². The highest BCUT2D eigenvalue weighted by Gasteiger charge is 2.43. The molecular weight excluding hydrogens is 445 g/mol. The van der Waals surface area contributed by atoms with Crippen LogP contribution in [-0.4, -0.2) is 31.4 Å². The molecule has 3 unspecified atom stereocenters. The minimum absolute atomic E-state index is 0.129. The van der Waals surface area contributed by atoms with Gasteiger partial charge in [-0.15, -0.1) is 0 Å². The van der Waals surface area contributed by atoms with Gasteiger partial charge in [-0.25, -0.2) is 9.18 Å². The van der Waals surface area contributed by atoms with E-state index in [9.17, 15) is 14.0 Å². The molecule has 3 rings (SSSR count). The lowest BCUT2D eigenvalue weighted by Gasteiger charge is -2.32. The number of ether oxygens (including phenoxy) is 2. The Kier molecular flexibility index (Phi) is 8.39. The van der Waals surface area contributed by atoms with Crippen LogP contribution in [0.5, 0.6) is 0 Å². The number of rotatable bonds is 8. The standard InChI is InChI=1S/C26H27ClFNO4/c1-4-33-26(31)24-21(14-13-20(28)17-9-6-5-7-10-17)29-16(2)22(25(30)32-3)23(24)18-11-8-12-19(27)15-18/h5-12,15,20,22-23H,4,13-14H2,1-3H3. The molecule has 0 N–H and O–H groups in total. The lowest BCUT2D eigenvalue weighted by molar-refractivity contribution is -0.144. The number of aliphatic imine (C=N–C) groups is 1. The lowest BCUT2D eigenvalue weighted by atomic mass is 9.75. The summed E-state index contributed by atoms with van der Waals surface area (Å²) in [4.78, 5) is 30.5. The van der Waals surface area contributed by atoms with E-state index >= 15 is 0 Å². The van der Waals surface area contributed by atoms with Gasteiger partial charge in [-0.2, -0.15) is 0 Å². The number of carbonyl (C=O) groups is 2. The Bertz CT molecular complexity index is 1070. The Morgan fingerprint density at radius 3 is 2.52 bits per heavy atom. The van der Waals surface area contributed by atoms with Crippen LogP contribution < -0.4 is 0 Å². The number of carbonyl (C=O) groups excluding carboxylic acids is 2. The number of benzene rings is 2. The van der Waals surface area contributed by atoms with Gasteiger partial charge < -0.3 is 9.47 Å². The number of methoxy groups -OCH3 is 1. The van der Waals surface area contributed by atoms with Gasteiger partial charge in [0.05, 0.1) is 25.0 Å². The number of allylic oxidation sites excluding steroid dienone is 1. The van der Waals surface area contributed by atoms with E-state index in [0.717, 1.165) is 0 Å². The summed E-state index contributed by atoms with van der Waals surface area (Å²) in [5.74, 6) is -2.64. The van der Waals surface area contributed by atoms with Crippen molar-refractivity contribution < 1.29 is 23.5 Å². The van der Waals surface area contributed by atoms with E-state index in [2.05, 4.69) is 4.99 Å². The van der Waals surface area contributed by atoms with Gasteiger partial charge in [0, 0.05) is 16.7 Å². The number of hydrogen-bond acceptors (Lipinski definition) is 5. The van der Waals surface area contributed by atoms with E-state index in [1.165, 1.54) is 7.11 Å². The molecule has 0 aliphatic carbocycles. The van der Waals surface area contributed by atoms with Gasteiger partial charge in [-0.05, 0) is 49.9 Å². The van der Waals surface area contributed by atoms with Crippen molar-refractivity contribution in [2.75, 3.05) is 13.7 Å². The van der Waals surface area contributed by atoms with Gasteiger partial charge in [-0.3, -0.25) is 9.79 Å². The summed E-state index contributed by atoms with van der Waals surface area (Å²) in [7, 11) is 1.29. The average molecular weight is 472 g/mol. The fraction of sp³-hybridized carbons (Fsp3) is 0.346. The summed E-state index contributed by atoms with van der Waals surface area (Å²) in [6.07, 6.45) is -0.892. The fourth-order valence-electron chi connectivity index (χ4n) is 4.16. The van der Waals surface area contributed by atoms with Crippen LogP contribution in [0, 0.1) is 5.92 Å². The zero-order valence-electron chi connectivity index (χ0n) is 18.9. The van der Waals surface area contributed by atoms with Gasteiger partial charge in [-0.1, -0.05) is 54.1 Å². The molecule has 174 valence electrons. The van der Waals surface area contributed by atoms with Crippen molar-refractivity contribution in [3.05, 3.63) is 82.0 Å². The third kappa shape index (κ3) is 5.69. The summed E-state index contributed by atoms with van der Waals surface area (Å²) < 4.78 is 25.3. The third-order valence-electron chi connectivity index (χ3n) is 5.67. The fourth-order valence-corrected chi connectivity index (χ4v) is 4.36. The Labute approximate surface area is 198 Å². The normalized spacial score (nSPS) is 19.0. The summed E-state index contributed by atoms with van der Waals surface area (Å²) in [6.45, 7) is 3.57. The van der Waals surface area contributed by atoms with Gasteiger partial charge in [0.25, 0.3) is 0 Å². The first-order chi connectivity index (χ1) is 15.9. The Hall–Kier alpha value is -2.99. The van der Waals surface area contributed by atoms with Crippen molar-refractivity contribution in [2.24, 2.45) is 10.9 Å². The number of alkyl halides is 1. The molecule has 7 heteroatoms. The predicted octanol–water partition coefficient (Wildman–Crippen LogP) is 6.00. The molecule has 3 atom stereocenters. The molecule has 0 amide bonds. The summed E-state index contributed by atoms with van der Waals surface area (Å²) in [5.41, 5.74) is 2.36. The van der Waals surface area contributed by atoms with Gasteiger partial charge >= 0.3 is 11.9 Å². The van der Waals surface area contributed by atoms with E-state index in [0.29, 0.717) is 27.6 Å². The van der Waals surface area contributed by atoms with E-state index in [4.69, 9.17) is 21.1 Å². The molecule has 1 aliphatic rings. The maximum Gasteiger partial charge on any atom is 0.336 e. The molecule has 0 bridgehead atoms. The second kappa shape index (κ2) is 11.2. The summed E-state index contributed by atoms with van der Waals surface area (Å²) in [6, 6.07) is 15.8. The molecule has 0 saturated carbocycles. The van der Waals surface area contributed by atoms with Crippen molar-refractivity contribution >= 4 is 29.3 Å². The van der Waals surface area contributed by atoms with Gasteiger partial charge in [0.15, 0.2) is 0 Å². The topological polar surface area (TPSA) is 65.0 Å². The van der Waals surface area contributed by atoms with Crippen LogP contribution >= 0.6 is 11.6 Å². The smallest absolute Gasteiger partial charge is 0.336 e. The van der Waals surface area contributed by atoms with Crippen LogP contribution in [0.3, 0.4) is 0 Å². The highest BCUT2D eigenvalue weighted by Crippen LogP contribution is 2.42. The first kappa shape index (κ1) is 24.6. The maximum atomic E-state index is 14.9. The molecule has 0 spiro atoms. The molecule has 0 saturated heterocycles. The first-order valence-electron chi connectivity index (χ1n) is 10.8. The number of hydrogen-bond donors (Lipinski definition) is 0. The molecule has 2 aromatic rings. The zero-order chi connectivity index (χ0) is 24.0. The largest absolute Gasteiger partial charge is 0.468 e. The zero-order valence-corrected chi connectivity index (χ0v) is 19.6. The van der Waals surface area contributed by atoms with Crippen LogP contribution in [0.1, 0.15) is 49.9 Å². The lowest BCUT2D eigenvalue weighted by Crippen LogP contribution is -2.36. The van der Waals surface area contributed by atoms with Crippen molar-refractivity contribution in [3.8, 4) is 0 Å². The van der Waals surface area contributed by atoms with Gasteiger partial charge in [0.1, 0.15) is 12.1 Å². The average Bonchev–Trinajstić information content (AvgIpc) is 2.82. The van der Waals surface area contributed by atoms with E-state index in [1.807, 2.05) is 6.07 Å². The number of esters is 2. The molecular formula is C26H27ClFNO4. The Morgan fingerprint density at radius 2 is 1.88 bits per heavy atom. The second-order valence-electron chi connectivity index (χ2n) is 7.78. The third-order valence-corrected chi connectivity index (χ3v) is 5.91. The van der Waals surface area contributed by atoms with E-state index < -0.39 is 29.9 Å². The maximum absolute atomic E-state index is 14.9.